The summed E-state index contributed by atoms with van der Waals surface area (Å²) in [7, 11) is 0. The van der Waals surface area contributed by atoms with Gasteiger partial charge in [0.05, 0.1) is 37.2 Å². The highest BCUT2D eigenvalue weighted by Crippen LogP contribution is 2.59. The molecule has 0 radical (unpaired) electrons. The Labute approximate surface area is 244 Å². The number of carbonyl (C=O) groups excluding carboxylic acids is 3. The molecule has 1 aromatic carbocycles. The summed E-state index contributed by atoms with van der Waals surface area (Å²) in [4.78, 5) is 43.9. The number of ether oxygens (including phenoxy) is 2. The van der Waals surface area contributed by atoms with E-state index in [0.717, 1.165) is 12.8 Å². The van der Waals surface area contributed by atoms with Crippen molar-refractivity contribution in [3.63, 3.8) is 0 Å². The van der Waals surface area contributed by atoms with E-state index < -0.39 is 41.2 Å². The fourth-order valence-corrected chi connectivity index (χ4v) is 7.66. The normalized spacial score (nSPS) is 28.8. The van der Waals surface area contributed by atoms with Crippen LogP contribution < -0.4 is 15.4 Å². The molecule has 0 aromatic heterocycles. The van der Waals surface area contributed by atoms with Crippen molar-refractivity contribution in [1.29, 1.82) is 0 Å². The van der Waals surface area contributed by atoms with Gasteiger partial charge >= 0.3 is 0 Å². The van der Waals surface area contributed by atoms with E-state index in [1.54, 1.807) is 29.2 Å². The molecular weight excluding hydrogens is 522 g/mol. The van der Waals surface area contributed by atoms with E-state index in [1.807, 2.05) is 34.6 Å². The molecule has 9 nitrogen and oxygen atoms in total. The van der Waals surface area contributed by atoms with Crippen LogP contribution in [0.5, 0.6) is 5.75 Å². The highest BCUT2D eigenvalue weighted by molar-refractivity contribution is 6.02. The van der Waals surface area contributed by atoms with Crippen molar-refractivity contribution in [2.45, 2.75) is 110 Å². The Kier molecular flexibility index (Phi) is 8.82. The highest BCUT2D eigenvalue weighted by Gasteiger charge is 2.75. The minimum atomic E-state index is -1.12. The quantitative estimate of drug-likeness (QED) is 0.368. The lowest BCUT2D eigenvalue weighted by Gasteiger charge is -2.41. The smallest absolute Gasteiger partial charge is 0.246 e. The summed E-state index contributed by atoms with van der Waals surface area (Å²) in [5, 5.41) is 16.7. The van der Waals surface area contributed by atoms with Crippen LogP contribution in [0, 0.1) is 23.2 Å². The molecule has 41 heavy (non-hydrogen) atoms. The highest BCUT2D eigenvalue weighted by atomic mass is 16.5. The molecule has 228 valence electrons. The zero-order chi connectivity index (χ0) is 30.3. The van der Waals surface area contributed by atoms with Gasteiger partial charge in [0.25, 0.3) is 0 Å². The van der Waals surface area contributed by atoms with E-state index in [0.29, 0.717) is 30.9 Å². The summed E-state index contributed by atoms with van der Waals surface area (Å²) in [6, 6.07) is 5.63. The van der Waals surface area contributed by atoms with E-state index in [2.05, 4.69) is 31.4 Å². The molecule has 0 saturated carbocycles. The van der Waals surface area contributed by atoms with Gasteiger partial charge in [0.1, 0.15) is 17.4 Å². The molecule has 3 fully saturated rings. The van der Waals surface area contributed by atoms with E-state index in [4.69, 9.17) is 9.47 Å². The average Bonchev–Trinajstić information content (AvgIpc) is 3.51. The van der Waals surface area contributed by atoms with Crippen LogP contribution in [0.2, 0.25) is 0 Å². The maximum atomic E-state index is 14.3. The fraction of sp³-hybridized carbons (Fsp3) is 0.719. The lowest BCUT2D eigenvalue weighted by atomic mass is 9.70. The lowest BCUT2D eigenvalue weighted by molar-refractivity contribution is -0.147. The molecule has 0 aliphatic carbocycles. The number of aliphatic hydroxyl groups is 1. The minimum absolute atomic E-state index is 0.0283. The zero-order valence-corrected chi connectivity index (χ0v) is 26.0. The summed E-state index contributed by atoms with van der Waals surface area (Å²) in [5.74, 6) is -1.75. The third-order valence-corrected chi connectivity index (χ3v) is 9.00. The van der Waals surface area contributed by atoms with Gasteiger partial charge in [-0.2, -0.15) is 0 Å². The van der Waals surface area contributed by atoms with Crippen LogP contribution >= 0.6 is 0 Å². The van der Waals surface area contributed by atoms with Crippen LogP contribution in [-0.4, -0.2) is 70.3 Å². The van der Waals surface area contributed by atoms with Crippen LogP contribution in [0.1, 0.15) is 81.1 Å². The number of carbonyl (C=O) groups is 3. The first-order chi connectivity index (χ1) is 19.2. The van der Waals surface area contributed by atoms with Gasteiger partial charge in [0.15, 0.2) is 0 Å². The van der Waals surface area contributed by atoms with Gasteiger partial charge in [-0.3, -0.25) is 14.4 Å². The van der Waals surface area contributed by atoms with E-state index in [1.165, 1.54) is 0 Å². The monoisotopic (exact) mass is 571 g/mol. The Morgan fingerprint density at radius 2 is 1.80 bits per heavy atom. The maximum absolute atomic E-state index is 14.3. The number of aliphatic hydroxyl groups excluding tert-OH is 1. The molecule has 3 aliphatic heterocycles. The average molecular weight is 572 g/mol. The summed E-state index contributed by atoms with van der Waals surface area (Å²) in [6.45, 7) is 16.5. The molecule has 3 heterocycles. The van der Waals surface area contributed by atoms with Gasteiger partial charge in [-0.1, -0.05) is 41.0 Å². The van der Waals surface area contributed by atoms with Crippen molar-refractivity contribution < 1.29 is 29.0 Å². The van der Waals surface area contributed by atoms with Crippen molar-refractivity contribution in [3.8, 4) is 5.75 Å². The van der Waals surface area contributed by atoms with Gasteiger partial charge in [-0.25, -0.2) is 0 Å². The molecule has 1 spiro atoms. The first-order valence-corrected chi connectivity index (χ1v) is 15.1. The predicted octanol–water partition coefficient (Wildman–Crippen LogP) is 4.14. The van der Waals surface area contributed by atoms with Gasteiger partial charge in [0.2, 0.25) is 17.7 Å². The molecule has 2 bridgehead atoms. The van der Waals surface area contributed by atoms with Gasteiger partial charge in [0, 0.05) is 11.2 Å². The summed E-state index contributed by atoms with van der Waals surface area (Å²) in [6.07, 6.45) is 2.09. The molecule has 4 rings (SSSR count). The first-order valence-electron chi connectivity index (χ1n) is 15.1. The third kappa shape index (κ3) is 5.98. The number of hydrogen-bond donors (Lipinski definition) is 3. The number of fused-ring (bicyclic) bond motifs is 1. The van der Waals surface area contributed by atoms with Crippen molar-refractivity contribution in [2.75, 3.05) is 18.5 Å². The van der Waals surface area contributed by atoms with E-state index in [9.17, 15) is 19.5 Å². The Morgan fingerprint density at radius 3 is 2.37 bits per heavy atom. The van der Waals surface area contributed by atoms with Gasteiger partial charge < -0.3 is 30.1 Å². The van der Waals surface area contributed by atoms with Gasteiger partial charge in [-0.05, 0) is 75.6 Å². The number of amides is 3. The third-order valence-electron chi connectivity index (χ3n) is 9.00. The number of hydrogen-bond acceptors (Lipinski definition) is 6. The minimum Gasteiger partial charge on any atom is -0.494 e. The standard InChI is InChI=1S/C32H49N3O6/c1-9-19(3)22(17-36)35-26(28(38)34-31(7,8)18-30(4,5)6)32-16-15-23(41-32)24(25(32)29(35)39)27(37)33-20-11-13-21(14-12-20)40-10-2/h11-14,19,22-26,36H,9-10,15-18H2,1-8H3,(H,33,37)(H,34,38)/t19-,22-,23+,24-,25-,26?,32?/m0/s1. The number of nitrogens with zero attached hydrogens (tertiary/aromatic N) is 1. The van der Waals surface area contributed by atoms with Crippen molar-refractivity contribution >= 4 is 23.4 Å². The Balaban J connectivity index is 1.68. The van der Waals surface area contributed by atoms with Crippen molar-refractivity contribution in [3.05, 3.63) is 24.3 Å². The Hall–Kier alpha value is -2.65. The predicted molar refractivity (Wildman–Crippen MR) is 157 cm³/mol. The molecule has 2 unspecified atom stereocenters. The number of nitrogens with one attached hydrogen (secondary N) is 2. The van der Waals surface area contributed by atoms with Gasteiger partial charge in [-0.15, -0.1) is 0 Å². The largest absolute Gasteiger partial charge is 0.494 e. The SMILES string of the molecule is CCOc1ccc(NC(=O)[C@@H]2[C@H]3C(=O)N([C@@H](CO)[C@@H](C)CC)C(C(=O)NC(C)(C)CC(C)(C)C)C34CC[C@H]2O4)cc1. The molecule has 1 aromatic rings. The summed E-state index contributed by atoms with van der Waals surface area (Å²) < 4.78 is 12.1. The first kappa shape index (κ1) is 31.3. The number of rotatable bonds is 11. The Bertz CT molecular complexity index is 1130. The van der Waals surface area contributed by atoms with Crippen LogP contribution in [0.4, 0.5) is 5.69 Å². The van der Waals surface area contributed by atoms with E-state index in [-0.39, 0.29) is 35.7 Å². The van der Waals surface area contributed by atoms with Crippen LogP contribution in [0.3, 0.4) is 0 Å². The second-order valence-electron chi connectivity index (χ2n) is 14.0. The zero-order valence-electron chi connectivity index (χ0n) is 26.0. The van der Waals surface area contributed by atoms with Crippen LogP contribution in [0.15, 0.2) is 24.3 Å². The molecule has 9 heteroatoms. The lowest BCUT2D eigenvalue weighted by Crippen LogP contribution is -2.62. The number of benzene rings is 1. The van der Waals surface area contributed by atoms with Crippen molar-refractivity contribution in [1.82, 2.24) is 10.2 Å². The second-order valence-corrected chi connectivity index (χ2v) is 14.0. The number of likely N-dealkylation sites (tertiary alicyclic amines) is 1. The number of anilines is 1. The molecule has 3 amide bonds. The van der Waals surface area contributed by atoms with Crippen LogP contribution in [-0.2, 0) is 19.1 Å². The molecule has 7 atom stereocenters. The summed E-state index contributed by atoms with van der Waals surface area (Å²) in [5.41, 5.74) is -1.08. The molecule has 3 saturated heterocycles. The topological polar surface area (TPSA) is 117 Å². The summed E-state index contributed by atoms with van der Waals surface area (Å²) >= 11 is 0. The fourth-order valence-electron chi connectivity index (χ4n) is 7.66. The van der Waals surface area contributed by atoms with Crippen LogP contribution in [0.25, 0.3) is 0 Å². The van der Waals surface area contributed by atoms with Crippen molar-refractivity contribution in [2.24, 2.45) is 23.2 Å². The molecule has 3 N–H and O–H groups in total. The Morgan fingerprint density at radius 1 is 1.15 bits per heavy atom. The maximum Gasteiger partial charge on any atom is 0.246 e. The molecule has 3 aliphatic rings. The second kappa shape index (κ2) is 11.6. The molecular formula is C32H49N3O6. The van der Waals surface area contributed by atoms with E-state index >= 15 is 0 Å².